The summed E-state index contributed by atoms with van der Waals surface area (Å²) in [6, 6.07) is 10.5. The van der Waals surface area contributed by atoms with Crippen molar-refractivity contribution in [2.24, 2.45) is 10.9 Å². The van der Waals surface area contributed by atoms with E-state index in [9.17, 15) is 0 Å². The largest absolute Gasteiger partial charge is 0.378 e. The highest BCUT2D eigenvalue weighted by molar-refractivity contribution is 5.79. The molecule has 0 radical (unpaired) electrons. The molecule has 0 spiro atoms. The first kappa shape index (κ1) is 17.2. The molecule has 0 aromatic heterocycles. The third kappa shape index (κ3) is 4.71. The van der Waals surface area contributed by atoms with Crippen LogP contribution in [0.15, 0.2) is 35.3 Å². The van der Waals surface area contributed by atoms with Gasteiger partial charge in [0.1, 0.15) is 0 Å². The van der Waals surface area contributed by atoms with E-state index in [1.165, 1.54) is 18.4 Å². The summed E-state index contributed by atoms with van der Waals surface area (Å²) in [5, 5.41) is 6.85. The number of hydrogen-bond acceptors (Lipinski definition) is 3. The lowest BCUT2D eigenvalue weighted by Crippen LogP contribution is -2.41. The van der Waals surface area contributed by atoms with Gasteiger partial charge >= 0.3 is 0 Å². The lowest BCUT2D eigenvalue weighted by molar-refractivity contribution is 0.0915. The first-order valence-corrected chi connectivity index (χ1v) is 9.09. The Hall–Kier alpha value is -1.59. The standard InChI is InChI=1S/C19H29N3O2/c1-20-19(21-11-9-17-8-5-12-23-17)22-14-16-10-13-24-18(16)15-6-3-2-4-7-15/h2-4,6-7,16-18H,5,8-14H2,1H3,(H2,20,21,22). The summed E-state index contributed by atoms with van der Waals surface area (Å²) in [6.07, 6.45) is 5.11. The second kappa shape index (κ2) is 9.04. The van der Waals surface area contributed by atoms with Gasteiger partial charge in [-0.2, -0.15) is 0 Å². The van der Waals surface area contributed by atoms with Crippen LogP contribution in [0.5, 0.6) is 0 Å². The van der Waals surface area contributed by atoms with Crippen LogP contribution in [0, 0.1) is 5.92 Å². The van der Waals surface area contributed by atoms with Crippen molar-refractivity contribution in [3.05, 3.63) is 35.9 Å². The van der Waals surface area contributed by atoms with E-state index in [4.69, 9.17) is 9.47 Å². The Labute approximate surface area is 144 Å². The van der Waals surface area contributed by atoms with Crippen molar-refractivity contribution in [2.75, 3.05) is 33.4 Å². The van der Waals surface area contributed by atoms with E-state index < -0.39 is 0 Å². The van der Waals surface area contributed by atoms with Gasteiger partial charge in [-0.15, -0.1) is 0 Å². The van der Waals surface area contributed by atoms with E-state index in [0.29, 0.717) is 12.0 Å². The fourth-order valence-electron chi connectivity index (χ4n) is 3.53. The monoisotopic (exact) mass is 331 g/mol. The summed E-state index contributed by atoms with van der Waals surface area (Å²) in [5.41, 5.74) is 1.27. The fraction of sp³-hybridized carbons (Fsp3) is 0.632. The Kier molecular flexibility index (Phi) is 6.49. The van der Waals surface area contributed by atoms with Crippen LogP contribution in [-0.2, 0) is 9.47 Å². The number of aliphatic imine (C=N–C) groups is 1. The smallest absolute Gasteiger partial charge is 0.190 e. The SMILES string of the molecule is CN=C(NCCC1CCCO1)NCC1CCOC1c1ccccc1. The van der Waals surface area contributed by atoms with E-state index in [1.54, 1.807) is 0 Å². The van der Waals surface area contributed by atoms with Gasteiger partial charge in [0.2, 0.25) is 0 Å². The van der Waals surface area contributed by atoms with Gasteiger partial charge in [0.05, 0.1) is 12.2 Å². The molecule has 24 heavy (non-hydrogen) atoms. The topological polar surface area (TPSA) is 54.9 Å². The molecule has 2 aliphatic heterocycles. The van der Waals surface area contributed by atoms with Crippen molar-refractivity contribution in [3.8, 4) is 0 Å². The minimum atomic E-state index is 0.184. The minimum Gasteiger partial charge on any atom is -0.378 e. The molecule has 132 valence electrons. The van der Waals surface area contributed by atoms with Gasteiger partial charge in [0.15, 0.2) is 5.96 Å². The lowest BCUT2D eigenvalue weighted by Gasteiger charge is -2.21. The van der Waals surface area contributed by atoms with Crippen molar-refractivity contribution in [3.63, 3.8) is 0 Å². The molecular weight excluding hydrogens is 302 g/mol. The summed E-state index contributed by atoms with van der Waals surface area (Å²) in [6.45, 7) is 3.52. The van der Waals surface area contributed by atoms with Gasteiger partial charge in [-0.1, -0.05) is 30.3 Å². The Morgan fingerprint density at radius 2 is 2.00 bits per heavy atom. The Balaban J connectivity index is 1.43. The van der Waals surface area contributed by atoms with Crippen LogP contribution >= 0.6 is 0 Å². The van der Waals surface area contributed by atoms with Crippen LogP contribution in [0.4, 0.5) is 0 Å². The van der Waals surface area contributed by atoms with Crippen LogP contribution < -0.4 is 10.6 Å². The molecule has 3 unspecified atom stereocenters. The lowest BCUT2D eigenvalue weighted by atomic mass is 9.95. The molecule has 3 atom stereocenters. The van der Waals surface area contributed by atoms with Crippen molar-refractivity contribution >= 4 is 5.96 Å². The van der Waals surface area contributed by atoms with Gasteiger partial charge in [-0.25, -0.2) is 0 Å². The zero-order valence-electron chi connectivity index (χ0n) is 14.5. The maximum Gasteiger partial charge on any atom is 0.190 e. The van der Waals surface area contributed by atoms with E-state index in [-0.39, 0.29) is 6.10 Å². The van der Waals surface area contributed by atoms with Gasteiger partial charge in [0.25, 0.3) is 0 Å². The first-order valence-electron chi connectivity index (χ1n) is 9.09. The normalized spacial score (nSPS) is 27.4. The van der Waals surface area contributed by atoms with E-state index in [2.05, 4.69) is 39.9 Å². The molecule has 2 aliphatic rings. The number of ether oxygens (including phenoxy) is 2. The molecule has 2 N–H and O–H groups in total. The third-order valence-electron chi connectivity index (χ3n) is 4.88. The van der Waals surface area contributed by atoms with E-state index in [1.807, 2.05) is 13.1 Å². The summed E-state index contributed by atoms with van der Waals surface area (Å²) < 4.78 is 11.6. The zero-order chi connectivity index (χ0) is 16.6. The van der Waals surface area contributed by atoms with Crippen LogP contribution in [0.25, 0.3) is 0 Å². The predicted molar refractivity (Wildman–Crippen MR) is 96.2 cm³/mol. The molecular formula is C19H29N3O2. The molecule has 2 fully saturated rings. The van der Waals surface area contributed by atoms with Crippen molar-refractivity contribution < 1.29 is 9.47 Å². The molecule has 1 aromatic rings. The molecule has 2 saturated heterocycles. The Morgan fingerprint density at radius 3 is 2.75 bits per heavy atom. The van der Waals surface area contributed by atoms with Gasteiger partial charge in [0, 0.05) is 39.3 Å². The zero-order valence-corrected chi connectivity index (χ0v) is 14.5. The summed E-state index contributed by atoms with van der Waals surface area (Å²) in [5.74, 6) is 1.34. The maximum atomic E-state index is 5.95. The summed E-state index contributed by atoms with van der Waals surface area (Å²) in [7, 11) is 1.82. The summed E-state index contributed by atoms with van der Waals surface area (Å²) >= 11 is 0. The van der Waals surface area contributed by atoms with Crippen LogP contribution in [0.1, 0.15) is 37.4 Å². The van der Waals surface area contributed by atoms with Crippen LogP contribution in [0.3, 0.4) is 0 Å². The van der Waals surface area contributed by atoms with E-state index >= 15 is 0 Å². The summed E-state index contributed by atoms with van der Waals surface area (Å²) in [4.78, 5) is 4.32. The van der Waals surface area contributed by atoms with Gasteiger partial charge in [-0.05, 0) is 31.2 Å². The molecule has 5 nitrogen and oxygen atoms in total. The number of rotatable bonds is 6. The average Bonchev–Trinajstić information content (AvgIpc) is 3.30. The number of hydrogen-bond donors (Lipinski definition) is 2. The molecule has 5 heteroatoms. The second-order valence-electron chi connectivity index (χ2n) is 6.55. The van der Waals surface area contributed by atoms with Crippen molar-refractivity contribution in [2.45, 2.75) is 37.9 Å². The highest BCUT2D eigenvalue weighted by Crippen LogP contribution is 2.33. The predicted octanol–water partition coefficient (Wildman–Crippen LogP) is 2.50. The Bertz CT molecular complexity index is 515. The number of nitrogens with zero attached hydrogens (tertiary/aromatic N) is 1. The van der Waals surface area contributed by atoms with Gasteiger partial charge < -0.3 is 20.1 Å². The molecule has 0 aliphatic carbocycles. The van der Waals surface area contributed by atoms with Crippen molar-refractivity contribution in [1.82, 2.24) is 10.6 Å². The maximum absolute atomic E-state index is 5.95. The highest BCUT2D eigenvalue weighted by Gasteiger charge is 2.29. The quantitative estimate of drug-likeness (QED) is 0.621. The van der Waals surface area contributed by atoms with Crippen LogP contribution in [-0.4, -0.2) is 45.4 Å². The number of nitrogens with one attached hydrogen (secondary N) is 2. The molecule has 0 amide bonds. The second-order valence-corrected chi connectivity index (χ2v) is 6.55. The molecule has 2 heterocycles. The Morgan fingerprint density at radius 1 is 1.12 bits per heavy atom. The first-order chi connectivity index (χ1) is 11.9. The molecule has 0 bridgehead atoms. The molecule has 3 rings (SSSR count). The minimum absolute atomic E-state index is 0.184. The number of benzene rings is 1. The van der Waals surface area contributed by atoms with Gasteiger partial charge in [-0.3, -0.25) is 4.99 Å². The average molecular weight is 331 g/mol. The third-order valence-corrected chi connectivity index (χ3v) is 4.88. The van der Waals surface area contributed by atoms with Crippen LogP contribution in [0.2, 0.25) is 0 Å². The fourth-order valence-corrected chi connectivity index (χ4v) is 3.53. The molecule has 0 saturated carbocycles. The number of guanidine groups is 1. The molecule has 1 aromatic carbocycles. The van der Waals surface area contributed by atoms with Crippen molar-refractivity contribution in [1.29, 1.82) is 0 Å². The highest BCUT2D eigenvalue weighted by atomic mass is 16.5. The van der Waals surface area contributed by atoms with E-state index in [0.717, 1.165) is 45.1 Å².